The summed E-state index contributed by atoms with van der Waals surface area (Å²) >= 11 is 1.72. The van der Waals surface area contributed by atoms with Crippen LogP contribution >= 0.6 is 11.8 Å². The molecular formula is C20H21N3OS. The SMILES string of the molecule is C=CCn1c(SCCc2ccccc2)nnc1-c1ccc(OC)cc1. The van der Waals surface area contributed by atoms with Crippen LogP contribution in [-0.4, -0.2) is 27.6 Å². The third-order valence-electron chi connectivity index (χ3n) is 3.84. The Labute approximate surface area is 152 Å². The minimum absolute atomic E-state index is 0.683. The van der Waals surface area contributed by atoms with E-state index in [1.807, 2.05) is 36.4 Å². The summed E-state index contributed by atoms with van der Waals surface area (Å²) in [4.78, 5) is 0. The number of aromatic nitrogens is 3. The molecule has 0 radical (unpaired) electrons. The molecule has 128 valence electrons. The van der Waals surface area contributed by atoms with Gasteiger partial charge in [0.1, 0.15) is 5.75 Å². The molecule has 0 unspecified atom stereocenters. The topological polar surface area (TPSA) is 39.9 Å². The van der Waals surface area contributed by atoms with Crippen LogP contribution < -0.4 is 4.74 Å². The molecule has 0 amide bonds. The van der Waals surface area contributed by atoms with Gasteiger partial charge in [-0.1, -0.05) is 48.2 Å². The van der Waals surface area contributed by atoms with E-state index in [9.17, 15) is 0 Å². The molecule has 0 aliphatic carbocycles. The summed E-state index contributed by atoms with van der Waals surface area (Å²) < 4.78 is 7.32. The Bertz CT molecular complexity index is 813. The van der Waals surface area contributed by atoms with Gasteiger partial charge in [0.05, 0.1) is 7.11 Å². The van der Waals surface area contributed by atoms with Crippen molar-refractivity contribution in [2.75, 3.05) is 12.9 Å². The van der Waals surface area contributed by atoms with Crippen molar-refractivity contribution in [2.45, 2.75) is 18.1 Å². The van der Waals surface area contributed by atoms with Gasteiger partial charge >= 0.3 is 0 Å². The lowest BCUT2D eigenvalue weighted by Crippen LogP contribution is -2.01. The second-order valence-corrected chi connectivity index (χ2v) is 6.58. The van der Waals surface area contributed by atoms with Gasteiger partial charge in [0.2, 0.25) is 0 Å². The van der Waals surface area contributed by atoms with Crippen LogP contribution in [0.2, 0.25) is 0 Å². The molecule has 0 N–H and O–H groups in total. The van der Waals surface area contributed by atoms with E-state index < -0.39 is 0 Å². The van der Waals surface area contributed by atoms with Gasteiger partial charge in [-0.3, -0.25) is 4.57 Å². The molecule has 1 aromatic heterocycles. The van der Waals surface area contributed by atoms with E-state index in [-0.39, 0.29) is 0 Å². The maximum atomic E-state index is 5.22. The molecule has 0 spiro atoms. The number of ether oxygens (including phenoxy) is 1. The van der Waals surface area contributed by atoms with E-state index in [0.29, 0.717) is 6.54 Å². The smallest absolute Gasteiger partial charge is 0.191 e. The van der Waals surface area contributed by atoms with Crippen molar-refractivity contribution >= 4 is 11.8 Å². The van der Waals surface area contributed by atoms with Crippen molar-refractivity contribution < 1.29 is 4.74 Å². The first kappa shape index (κ1) is 17.3. The quantitative estimate of drug-likeness (QED) is 0.443. The zero-order chi connectivity index (χ0) is 17.5. The lowest BCUT2D eigenvalue weighted by atomic mass is 10.2. The first-order chi connectivity index (χ1) is 12.3. The molecule has 0 atom stereocenters. The average Bonchev–Trinajstić information content (AvgIpc) is 3.06. The van der Waals surface area contributed by atoms with Crippen LogP contribution in [0, 0.1) is 0 Å². The molecule has 0 aliphatic heterocycles. The number of methoxy groups -OCH3 is 1. The maximum Gasteiger partial charge on any atom is 0.191 e. The molecule has 1 heterocycles. The van der Waals surface area contributed by atoms with Crippen molar-refractivity contribution in [1.29, 1.82) is 0 Å². The molecule has 0 saturated heterocycles. The number of hydrogen-bond donors (Lipinski definition) is 0. The zero-order valence-corrected chi connectivity index (χ0v) is 15.1. The second kappa shape index (κ2) is 8.53. The van der Waals surface area contributed by atoms with Gasteiger partial charge in [-0.25, -0.2) is 0 Å². The zero-order valence-electron chi connectivity index (χ0n) is 14.3. The third kappa shape index (κ3) is 4.31. The molecule has 0 saturated carbocycles. The summed E-state index contributed by atoms with van der Waals surface area (Å²) in [6.07, 6.45) is 2.88. The van der Waals surface area contributed by atoms with Gasteiger partial charge in [-0.15, -0.1) is 16.8 Å². The largest absolute Gasteiger partial charge is 0.497 e. The highest BCUT2D eigenvalue weighted by atomic mass is 32.2. The van der Waals surface area contributed by atoms with Crippen LogP contribution in [0.1, 0.15) is 5.56 Å². The number of aryl methyl sites for hydroxylation is 1. The average molecular weight is 351 g/mol. The molecule has 3 rings (SSSR count). The third-order valence-corrected chi connectivity index (χ3v) is 4.81. The number of thioether (sulfide) groups is 1. The van der Waals surface area contributed by atoms with Crippen LogP contribution in [0.4, 0.5) is 0 Å². The Hall–Kier alpha value is -2.53. The van der Waals surface area contributed by atoms with E-state index in [1.54, 1.807) is 18.9 Å². The van der Waals surface area contributed by atoms with E-state index in [4.69, 9.17) is 4.74 Å². The van der Waals surface area contributed by atoms with Crippen LogP contribution in [-0.2, 0) is 13.0 Å². The van der Waals surface area contributed by atoms with Crippen LogP contribution in [0.15, 0.2) is 72.4 Å². The Morgan fingerprint density at radius 3 is 2.52 bits per heavy atom. The van der Waals surface area contributed by atoms with Crippen molar-refractivity contribution in [3.05, 3.63) is 72.8 Å². The van der Waals surface area contributed by atoms with Gasteiger partial charge < -0.3 is 4.74 Å². The van der Waals surface area contributed by atoms with Crippen LogP contribution in [0.3, 0.4) is 0 Å². The highest BCUT2D eigenvalue weighted by molar-refractivity contribution is 7.99. The Morgan fingerprint density at radius 2 is 1.84 bits per heavy atom. The Balaban J connectivity index is 1.75. The molecule has 0 bridgehead atoms. The standard InChI is InChI=1S/C20H21N3OS/c1-3-14-23-19(17-9-11-18(24-2)12-10-17)21-22-20(23)25-15-13-16-7-5-4-6-8-16/h3-12H,1,13-15H2,2H3. The van der Waals surface area contributed by atoms with Crippen molar-refractivity contribution in [1.82, 2.24) is 14.8 Å². The Kier molecular flexibility index (Phi) is 5.90. The van der Waals surface area contributed by atoms with Gasteiger partial charge in [-0.2, -0.15) is 0 Å². The summed E-state index contributed by atoms with van der Waals surface area (Å²) in [7, 11) is 1.66. The lowest BCUT2D eigenvalue weighted by Gasteiger charge is -2.08. The molecule has 0 fully saturated rings. The number of nitrogens with zero attached hydrogens (tertiary/aromatic N) is 3. The molecule has 0 aliphatic rings. The van der Waals surface area contributed by atoms with Gasteiger partial charge in [0.15, 0.2) is 11.0 Å². The predicted molar refractivity (Wildman–Crippen MR) is 103 cm³/mol. The van der Waals surface area contributed by atoms with Crippen molar-refractivity contribution in [3.8, 4) is 17.1 Å². The first-order valence-corrected chi connectivity index (χ1v) is 9.15. The summed E-state index contributed by atoms with van der Waals surface area (Å²) in [5, 5.41) is 9.69. The van der Waals surface area contributed by atoms with E-state index in [1.165, 1.54) is 5.56 Å². The fraction of sp³-hybridized carbons (Fsp3) is 0.200. The summed E-state index contributed by atoms with van der Waals surface area (Å²) in [5.74, 6) is 2.64. The van der Waals surface area contributed by atoms with E-state index >= 15 is 0 Å². The number of benzene rings is 2. The van der Waals surface area contributed by atoms with Gasteiger partial charge in [0, 0.05) is 17.9 Å². The normalized spacial score (nSPS) is 10.6. The Morgan fingerprint density at radius 1 is 1.08 bits per heavy atom. The van der Waals surface area contributed by atoms with E-state index in [2.05, 4.69) is 45.6 Å². The van der Waals surface area contributed by atoms with Crippen molar-refractivity contribution in [2.24, 2.45) is 0 Å². The highest BCUT2D eigenvalue weighted by Crippen LogP contribution is 2.26. The number of allylic oxidation sites excluding steroid dienone is 1. The maximum absolute atomic E-state index is 5.22. The highest BCUT2D eigenvalue weighted by Gasteiger charge is 2.13. The summed E-state index contributed by atoms with van der Waals surface area (Å²) in [6, 6.07) is 18.4. The molecule has 2 aromatic carbocycles. The van der Waals surface area contributed by atoms with Crippen LogP contribution in [0.25, 0.3) is 11.4 Å². The van der Waals surface area contributed by atoms with Gasteiger partial charge in [-0.05, 0) is 36.2 Å². The number of hydrogen-bond acceptors (Lipinski definition) is 4. The lowest BCUT2D eigenvalue weighted by molar-refractivity contribution is 0.415. The minimum atomic E-state index is 0.683. The molecule has 3 aromatic rings. The fourth-order valence-electron chi connectivity index (χ4n) is 2.55. The number of rotatable bonds is 8. The second-order valence-electron chi connectivity index (χ2n) is 5.52. The monoisotopic (exact) mass is 351 g/mol. The summed E-state index contributed by atoms with van der Waals surface area (Å²) in [5.41, 5.74) is 2.35. The van der Waals surface area contributed by atoms with Crippen molar-refractivity contribution in [3.63, 3.8) is 0 Å². The fourth-order valence-corrected chi connectivity index (χ4v) is 3.48. The minimum Gasteiger partial charge on any atom is -0.497 e. The van der Waals surface area contributed by atoms with E-state index in [0.717, 1.165) is 34.5 Å². The molecular weight excluding hydrogens is 330 g/mol. The van der Waals surface area contributed by atoms with Gasteiger partial charge in [0.25, 0.3) is 0 Å². The van der Waals surface area contributed by atoms with Crippen LogP contribution in [0.5, 0.6) is 5.75 Å². The predicted octanol–water partition coefficient (Wildman–Crippen LogP) is 4.47. The molecule has 25 heavy (non-hydrogen) atoms. The first-order valence-electron chi connectivity index (χ1n) is 8.17. The molecule has 5 heteroatoms. The molecule has 4 nitrogen and oxygen atoms in total. The summed E-state index contributed by atoms with van der Waals surface area (Å²) in [6.45, 7) is 4.54.